The van der Waals surface area contributed by atoms with Crippen LogP contribution in [0, 0.1) is 0 Å². The van der Waals surface area contributed by atoms with E-state index in [1.807, 2.05) is 6.07 Å². The molecule has 8 heteroatoms. The van der Waals surface area contributed by atoms with Crippen molar-refractivity contribution in [2.45, 2.75) is 25.5 Å². The number of pyridine rings is 1. The molecule has 4 heterocycles. The molecule has 4 rings (SSSR count). The number of aliphatic hydroxyl groups excluding tert-OH is 1. The second kappa shape index (κ2) is 7.48. The molecular formula is C16H18ClN3O3S. The molecule has 1 amide bonds. The van der Waals surface area contributed by atoms with Crippen molar-refractivity contribution >= 4 is 34.7 Å². The maximum atomic E-state index is 11.5. The number of carbonyl (C=O) groups is 1. The highest BCUT2D eigenvalue weighted by molar-refractivity contribution is 7.17. The maximum Gasteiger partial charge on any atom is 0.261 e. The van der Waals surface area contributed by atoms with Crippen LogP contribution in [0.3, 0.4) is 0 Å². The van der Waals surface area contributed by atoms with Crippen molar-refractivity contribution in [3.8, 4) is 10.4 Å². The number of nitrogen functional groups attached to an aromatic ring is 1. The van der Waals surface area contributed by atoms with E-state index in [1.54, 1.807) is 6.07 Å². The Hall–Kier alpha value is -1.67. The van der Waals surface area contributed by atoms with Crippen LogP contribution >= 0.6 is 22.9 Å². The lowest BCUT2D eigenvalue weighted by molar-refractivity contribution is -0.00535. The number of fused-ring (bicyclic) bond motifs is 1. The highest BCUT2D eigenvalue weighted by Gasteiger charge is 2.23. The molecule has 1 saturated heterocycles. The van der Waals surface area contributed by atoms with E-state index in [0.29, 0.717) is 24.0 Å². The van der Waals surface area contributed by atoms with Crippen molar-refractivity contribution < 1.29 is 14.6 Å². The predicted octanol–water partition coefficient (Wildman–Crippen LogP) is 2.45. The molecule has 1 unspecified atom stereocenters. The molecule has 2 aliphatic heterocycles. The van der Waals surface area contributed by atoms with Crippen LogP contribution in [-0.2, 0) is 11.3 Å². The second-order valence-corrected chi connectivity index (χ2v) is 7.07. The minimum atomic E-state index is -0.186. The van der Waals surface area contributed by atoms with Gasteiger partial charge in [0.25, 0.3) is 5.91 Å². The van der Waals surface area contributed by atoms with Gasteiger partial charge in [-0.1, -0.05) is 11.6 Å². The second-order valence-electron chi connectivity index (χ2n) is 5.61. The third kappa shape index (κ3) is 3.87. The number of nitrogens with zero attached hydrogens (tertiary/aromatic N) is 1. The van der Waals surface area contributed by atoms with Gasteiger partial charge in [-0.05, 0) is 30.5 Å². The fourth-order valence-electron chi connectivity index (χ4n) is 2.51. The van der Waals surface area contributed by atoms with E-state index in [1.165, 1.54) is 17.5 Å². The smallest absolute Gasteiger partial charge is 0.261 e. The standard InChI is InChI=1S/C11H8ClN3OS.C5H10O2/c12-7-4-14-9(13)2-6(7)8-1-5-3-15-11(16)10(5)17-8;6-5-2-1-3-7-4-5/h1-2,4H,3H2,(H2,13,14)(H,15,16);5-6H,1-4H2. The summed E-state index contributed by atoms with van der Waals surface area (Å²) in [7, 11) is 0. The molecule has 0 spiro atoms. The number of nitrogens with two attached hydrogens (primary N) is 1. The summed E-state index contributed by atoms with van der Waals surface area (Å²) in [6, 6.07) is 3.69. The van der Waals surface area contributed by atoms with Gasteiger partial charge in [-0.25, -0.2) is 4.98 Å². The van der Waals surface area contributed by atoms with Crippen molar-refractivity contribution in [3.63, 3.8) is 0 Å². The van der Waals surface area contributed by atoms with Gasteiger partial charge in [0.1, 0.15) is 5.82 Å². The van der Waals surface area contributed by atoms with Crippen molar-refractivity contribution in [2.24, 2.45) is 0 Å². The van der Waals surface area contributed by atoms with Gasteiger partial charge in [0.05, 0.1) is 22.6 Å². The number of thiophene rings is 1. The Balaban J connectivity index is 0.000000203. The first-order chi connectivity index (χ1) is 11.5. The summed E-state index contributed by atoms with van der Waals surface area (Å²) < 4.78 is 4.93. The summed E-state index contributed by atoms with van der Waals surface area (Å²) >= 11 is 7.50. The highest BCUT2D eigenvalue weighted by Crippen LogP contribution is 2.37. The SMILES string of the molecule is Nc1cc(-c2cc3c(s2)C(=O)NC3)c(Cl)cn1.OC1CCCOC1. The summed E-state index contributed by atoms with van der Waals surface area (Å²) in [6.07, 6.45) is 3.27. The number of halogens is 1. The number of amides is 1. The lowest BCUT2D eigenvalue weighted by Gasteiger charge is -2.15. The van der Waals surface area contributed by atoms with Gasteiger partial charge >= 0.3 is 0 Å². The van der Waals surface area contributed by atoms with E-state index < -0.39 is 0 Å². The van der Waals surface area contributed by atoms with E-state index in [0.717, 1.165) is 40.3 Å². The molecule has 2 aliphatic rings. The van der Waals surface area contributed by atoms with Crippen LogP contribution in [-0.4, -0.2) is 35.3 Å². The fraction of sp³-hybridized carbons (Fsp3) is 0.375. The van der Waals surface area contributed by atoms with Crippen LogP contribution in [0.5, 0.6) is 0 Å². The molecule has 24 heavy (non-hydrogen) atoms. The first kappa shape index (κ1) is 17.2. The molecule has 1 fully saturated rings. The number of ether oxygens (including phenoxy) is 1. The van der Waals surface area contributed by atoms with E-state index >= 15 is 0 Å². The van der Waals surface area contributed by atoms with Gasteiger partial charge in [0, 0.05) is 29.8 Å². The molecule has 2 aromatic heterocycles. The Kier molecular flexibility index (Phi) is 5.35. The number of aliphatic hydroxyl groups is 1. The zero-order valence-electron chi connectivity index (χ0n) is 12.9. The van der Waals surface area contributed by atoms with Crippen LogP contribution in [0.1, 0.15) is 28.1 Å². The topological polar surface area (TPSA) is 97.5 Å². The Bertz CT molecular complexity index is 744. The summed E-state index contributed by atoms with van der Waals surface area (Å²) in [4.78, 5) is 17.1. The summed E-state index contributed by atoms with van der Waals surface area (Å²) in [5.41, 5.74) is 7.48. The lowest BCUT2D eigenvalue weighted by Crippen LogP contribution is -2.21. The fourth-order valence-corrected chi connectivity index (χ4v) is 3.90. The number of rotatable bonds is 1. The molecule has 0 aromatic carbocycles. The summed E-state index contributed by atoms with van der Waals surface area (Å²) in [5.74, 6) is 0.400. The van der Waals surface area contributed by atoms with Crippen LogP contribution < -0.4 is 11.1 Å². The quantitative estimate of drug-likeness (QED) is 0.719. The number of aromatic nitrogens is 1. The number of nitrogens with one attached hydrogen (secondary N) is 1. The van der Waals surface area contributed by atoms with Crippen LogP contribution in [0.25, 0.3) is 10.4 Å². The first-order valence-corrected chi connectivity index (χ1v) is 8.82. The van der Waals surface area contributed by atoms with Crippen LogP contribution in [0.15, 0.2) is 18.3 Å². The maximum absolute atomic E-state index is 11.5. The van der Waals surface area contributed by atoms with Gasteiger partial charge in [-0.15, -0.1) is 11.3 Å². The zero-order chi connectivity index (χ0) is 17.1. The molecule has 2 aromatic rings. The molecule has 0 radical (unpaired) electrons. The molecule has 0 aliphatic carbocycles. The number of anilines is 1. The molecule has 4 N–H and O–H groups in total. The van der Waals surface area contributed by atoms with Gasteiger partial charge in [-0.2, -0.15) is 0 Å². The minimum absolute atomic E-state index is 0.0191. The third-order valence-electron chi connectivity index (χ3n) is 3.73. The number of carbonyl (C=O) groups excluding carboxylic acids is 1. The average Bonchev–Trinajstić information content (AvgIpc) is 3.14. The molecule has 128 valence electrons. The van der Waals surface area contributed by atoms with E-state index in [4.69, 9.17) is 27.2 Å². The van der Waals surface area contributed by atoms with Crippen molar-refractivity contribution in [2.75, 3.05) is 18.9 Å². The van der Waals surface area contributed by atoms with Crippen molar-refractivity contribution in [1.29, 1.82) is 0 Å². The normalized spacial score (nSPS) is 19.2. The average molecular weight is 368 g/mol. The van der Waals surface area contributed by atoms with Gasteiger partial charge < -0.3 is 20.9 Å². The van der Waals surface area contributed by atoms with Crippen molar-refractivity contribution in [1.82, 2.24) is 10.3 Å². The Morgan fingerprint density at radius 3 is 2.92 bits per heavy atom. The number of hydrogen-bond acceptors (Lipinski definition) is 6. The largest absolute Gasteiger partial charge is 0.391 e. The van der Waals surface area contributed by atoms with E-state index in [9.17, 15) is 4.79 Å². The highest BCUT2D eigenvalue weighted by atomic mass is 35.5. The van der Waals surface area contributed by atoms with Crippen LogP contribution in [0.4, 0.5) is 5.82 Å². The molecular weight excluding hydrogens is 350 g/mol. The zero-order valence-corrected chi connectivity index (χ0v) is 14.5. The summed E-state index contributed by atoms with van der Waals surface area (Å²) in [5, 5.41) is 12.1. The van der Waals surface area contributed by atoms with E-state index in [2.05, 4.69) is 10.3 Å². The molecule has 0 saturated carbocycles. The van der Waals surface area contributed by atoms with E-state index in [-0.39, 0.29) is 12.0 Å². The minimum Gasteiger partial charge on any atom is -0.391 e. The predicted molar refractivity (Wildman–Crippen MR) is 94.2 cm³/mol. The summed E-state index contributed by atoms with van der Waals surface area (Å²) in [6.45, 7) is 1.96. The van der Waals surface area contributed by atoms with Gasteiger partial charge in [0.2, 0.25) is 0 Å². The Morgan fingerprint density at radius 1 is 1.46 bits per heavy atom. The van der Waals surface area contributed by atoms with Crippen LogP contribution in [0.2, 0.25) is 5.02 Å². The molecule has 6 nitrogen and oxygen atoms in total. The Labute approximate surface area is 148 Å². The van der Waals surface area contributed by atoms with Crippen molar-refractivity contribution in [3.05, 3.63) is 33.8 Å². The number of hydrogen-bond donors (Lipinski definition) is 3. The monoisotopic (exact) mass is 367 g/mol. The Morgan fingerprint density at radius 2 is 2.29 bits per heavy atom. The lowest BCUT2D eigenvalue weighted by atomic mass is 10.2. The van der Waals surface area contributed by atoms with Gasteiger partial charge in [0.15, 0.2) is 0 Å². The first-order valence-electron chi connectivity index (χ1n) is 7.62. The van der Waals surface area contributed by atoms with Gasteiger partial charge in [-0.3, -0.25) is 4.79 Å². The molecule has 0 bridgehead atoms. The third-order valence-corrected chi connectivity index (χ3v) is 5.24. The molecule has 1 atom stereocenters.